The molecule has 6 heteroatoms. The normalized spacial score (nSPS) is 43.3. The maximum Gasteiger partial charge on any atom is 0.351 e. The Morgan fingerprint density at radius 2 is 1.69 bits per heavy atom. The van der Waals surface area contributed by atoms with E-state index in [9.17, 15) is 14.4 Å². The van der Waals surface area contributed by atoms with Gasteiger partial charge in [-0.1, -0.05) is 40.7 Å². The zero-order valence-corrected chi connectivity index (χ0v) is 23.5. The average Bonchev–Trinajstić information content (AvgIpc) is 3.00. The van der Waals surface area contributed by atoms with Gasteiger partial charge in [-0.2, -0.15) is 0 Å². The molecule has 4 nitrogen and oxygen atoms in total. The molecule has 4 rings (SSSR count). The van der Waals surface area contributed by atoms with Crippen LogP contribution in [-0.4, -0.2) is 24.9 Å². The second-order valence-electron chi connectivity index (χ2n) is 13.5. The molecule has 0 amide bonds. The zero-order valence-electron chi connectivity index (χ0n) is 21.4. The first-order valence-corrected chi connectivity index (χ1v) is 17.5. The predicted molar refractivity (Wildman–Crippen MR) is 134 cm³/mol. The number of hydrogen-bond acceptors (Lipinski definition) is 2. The van der Waals surface area contributed by atoms with Crippen LogP contribution in [-0.2, 0) is 8.99 Å². The lowest BCUT2D eigenvalue weighted by atomic mass is 9.45. The van der Waals surface area contributed by atoms with Crippen molar-refractivity contribution in [1.82, 2.24) is 0 Å². The highest BCUT2D eigenvalue weighted by molar-refractivity contribution is 7.56. The van der Waals surface area contributed by atoms with Gasteiger partial charge in [0.25, 0.3) is 0 Å². The fourth-order valence-corrected chi connectivity index (χ4v) is 10.8. The minimum absolute atomic E-state index is 0.174. The molecule has 4 aliphatic carbocycles. The second-order valence-corrected chi connectivity index (χ2v) is 17.5. The summed E-state index contributed by atoms with van der Waals surface area (Å²) in [6.07, 6.45) is 11.4. The molecule has 0 spiro atoms. The fraction of sp³-hybridized carbons (Fsp3) is 0.923. The molecular formula is C26H47O4PSi. The van der Waals surface area contributed by atoms with Gasteiger partial charge in [0.1, 0.15) is 0 Å². The van der Waals surface area contributed by atoms with Gasteiger partial charge in [-0.15, -0.1) is 0 Å². The number of fused-ring (bicyclic) bond motifs is 5. The topological polar surface area (TPSA) is 66.8 Å². The third-order valence-electron chi connectivity index (χ3n) is 10.3. The average molecular weight is 483 g/mol. The largest absolute Gasteiger partial charge is 0.417 e. The summed E-state index contributed by atoms with van der Waals surface area (Å²) in [7, 11) is -5.21. The van der Waals surface area contributed by atoms with Gasteiger partial charge in [0.15, 0.2) is 9.04 Å². The second kappa shape index (κ2) is 8.33. The van der Waals surface area contributed by atoms with Crippen LogP contribution in [0.15, 0.2) is 11.4 Å². The smallest absolute Gasteiger partial charge is 0.351 e. The Labute approximate surface area is 197 Å². The predicted octanol–water partition coefficient (Wildman–Crippen LogP) is 6.73. The van der Waals surface area contributed by atoms with Crippen molar-refractivity contribution in [2.75, 3.05) is 0 Å². The van der Waals surface area contributed by atoms with Gasteiger partial charge in [-0.05, 0) is 110 Å². The lowest BCUT2D eigenvalue weighted by Crippen LogP contribution is -2.54. The van der Waals surface area contributed by atoms with Crippen molar-refractivity contribution < 1.29 is 18.8 Å². The molecule has 0 bridgehead atoms. The molecule has 0 radical (unpaired) electrons. The Bertz CT molecular complexity index is 798. The van der Waals surface area contributed by atoms with E-state index in [0.717, 1.165) is 24.7 Å². The summed E-state index contributed by atoms with van der Waals surface area (Å²) in [5, 5.41) is 0.406. The molecule has 3 saturated carbocycles. The molecule has 3 fully saturated rings. The Hall–Kier alpha value is 0.0669. The molecule has 184 valence electrons. The van der Waals surface area contributed by atoms with E-state index < -0.39 is 16.6 Å². The Morgan fingerprint density at radius 3 is 2.28 bits per heavy atom. The maximum absolute atomic E-state index is 11.9. The summed E-state index contributed by atoms with van der Waals surface area (Å²) < 4.78 is 18.7. The van der Waals surface area contributed by atoms with Gasteiger partial charge in [0.2, 0.25) is 0 Å². The van der Waals surface area contributed by atoms with E-state index in [1.165, 1.54) is 32.1 Å². The molecule has 32 heavy (non-hydrogen) atoms. The molecule has 0 heterocycles. The molecule has 2 N–H and O–H groups in total. The van der Waals surface area contributed by atoms with Gasteiger partial charge in [-0.25, -0.2) is 0 Å². The van der Waals surface area contributed by atoms with Crippen molar-refractivity contribution in [3.63, 3.8) is 0 Å². The van der Waals surface area contributed by atoms with E-state index in [2.05, 4.69) is 47.7 Å². The Kier molecular flexibility index (Phi) is 6.55. The van der Waals surface area contributed by atoms with Gasteiger partial charge in [0.05, 0.1) is 6.10 Å². The van der Waals surface area contributed by atoms with Crippen LogP contribution in [0.5, 0.6) is 0 Å². The molecule has 8 atom stereocenters. The van der Waals surface area contributed by atoms with Gasteiger partial charge >= 0.3 is 7.60 Å². The molecule has 0 aromatic heterocycles. The van der Waals surface area contributed by atoms with Crippen molar-refractivity contribution in [3.05, 3.63) is 11.4 Å². The molecular weight excluding hydrogens is 435 g/mol. The number of hydrogen-bond donors (Lipinski definition) is 2. The summed E-state index contributed by atoms with van der Waals surface area (Å²) in [5.74, 6) is 3.22. The monoisotopic (exact) mass is 482 g/mol. The van der Waals surface area contributed by atoms with Crippen molar-refractivity contribution in [2.24, 2.45) is 45.8 Å². The Balaban J connectivity index is 1.60. The fourth-order valence-electron chi connectivity index (χ4n) is 8.82. The highest BCUT2D eigenvalue weighted by Gasteiger charge is 2.61. The highest BCUT2D eigenvalue weighted by atomic mass is 31.2. The van der Waals surface area contributed by atoms with Gasteiger partial charge in [0, 0.05) is 5.31 Å². The summed E-state index contributed by atoms with van der Waals surface area (Å²) in [5.41, 5.74) is 0.742. The van der Waals surface area contributed by atoms with Crippen LogP contribution in [0.1, 0.15) is 86.0 Å². The van der Waals surface area contributed by atoms with Crippen LogP contribution in [0.2, 0.25) is 13.1 Å². The van der Waals surface area contributed by atoms with Crippen LogP contribution in [0.3, 0.4) is 0 Å². The van der Waals surface area contributed by atoms with Crippen molar-refractivity contribution in [2.45, 2.75) is 105 Å². The van der Waals surface area contributed by atoms with Crippen LogP contribution in [0.25, 0.3) is 0 Å². The van der Waals surface area contributed by atoms with Crippen LogP contribution in [0.4, 0.5) is 0 Å². The van der Waals surface area contributed by atoms with E-state index in [0.29, 0.717) is 41.0 Å². The van der Waals surface area contributed by atoms with Crippen molar-refractivity contribution in [3.8, 4) is 0 Å². The molecule has 1 unspecified atom stereocenters. The zero-order chi connectivity index (χ0) is 23.7. The number of rotatable bonds is 4. The summed E-state index contributed by atoms with van der Waals surface area (Å²) in [4.78, 5) is 19.5. The minimum Gasteiger partial charge on any atom is -0.417 e. The van der Waals surface area contributed by atoms with Crippen molar-refractivity contribution in [1.29, 1.82) is 0 Å². The van der Waals surface area contributed by atoms with E-state index in [1.54, 1.807) is 0 Å². The van der Waals surface area contributed by atoms with Gasteiger partial charge in [-0.3, -0.25) is 4.57 Å². The molecule has 0 aromatic carbocycles. The quantitative estimate of drug-likeness (QED) is 0.344. The number of allylic oxidation sites excluding steroid dienone is 2. The van der Waals surface area contributed by atoms with Crippen molar-refractivity contribution >= 4 is 16.6 Å². The third kappa shape index (κ3) is 4.17. The summed E-state index contributed by atoms with van der Waals surface area (Å²) in [6.45, 7) is 16.8. The third-order valence-corrected chi connectivity index (χ3v) is 12.3. The van der Waals surface area contributed by atoms with E-state index in [-0.39, 0.29) is 10.8 Å². The van der Waals surface area contributed by atoms with Crippen LogP contribution in [0, 0.1) is 45.8 Å². The SMILES string of the molecule is C[SiH](C)OC([C@H]1CC[C@H]2[C@@H]3CC[C@H]4C=C(P(=O)(O)O)CC[C@]4(C)[C@H]3CC[C@]12C)C(C)(C)C. The highest BCUT2D eigenvalue weighted by Crippen LogP contribution is 2.69. The first kappa shape index (κ1) is 25.2. The lowest BCUT2D eigenvalue weighted by molar-refractivity contribution is -0.111. The first-order chi connectivity index (χ1) is 14.7. The molecule has 0 aliphatic heterocycles. The van der Waals surface area contributed by atoms with E-state index in [4.69, 9.17) is 4.43 Å². The summed E-state index contributed by atoms with van der Waals surface area (Å²) in [6, 6.07) is 0. The molecule has 0 saturated heterocycles. The standard InChI is InChI=1S/C26H47O4PSi/c1-24(2,3)23(30-32(6)7)22-11-10-20-19-9-8-17-16-18(31(27,28)29)12-14-25(17,4)21(19)13-15-26(20,22)5/h16-17,19-23,32H,8-15H2,1-7H3,(H2,27,28,29)/t17-,19-,20-,21-,22+,23?,25-,26-/m0/s1. The van der Waals surface area contributed by atoms with E-state index >= 15 is 0 Å². The van der Waals surface area contributed by atoms with E-state index in [1.807, 2.05) is 6.08 Å². The minimum atomic E-state index is -4.10. The molecule has 0 aromatic rings. The van der Waals surface area contributed by atoms with Crippen LogP contribution >= 0.6 is 7.60 Å². The lowest BCUT2D eigenvalue weighted by Gasteiger charge is -2.60. The maximum atomic E-state index is 11.9. The summed E-state index contributed by atoms with van der Waals surface area (Å²) >= 11 is 0. The van der Waals surface area contributed by atoms with Gasteiger partial charge < -0.3 is 14.2 Å². The molecule has 4 aliphatic rings. The first-order valence-electron chi connectivity index (χ1n) is 13.1. The van der Waals surface area contributed by atoms with Crippen LogP contribution < -0.4 is 0 Å². The Morgan fingerprint density at radius 1 is 1.03 bits per heavy atom.